The van der Waals surface area contributed by atoms with Gasteiger partial charge in [0.05, 0.1) is 12.6 Å². The van der Waals surface area contributed by atoms with Crippen molar-refractivity contribution in [2.45, 2.75) is 77.4 Å². The van der Waals surface area contributed by atoms with E-state index in [0.29, 0.717) is 12.2 Å². The number of hydrogen-bond acceptors (Lipinski definition) is 4. The van der Waals surface area contributed by atoms with Gasteiger partial charge in [0, 0.05) is 23.4 Å². The standard InChI is InChI=1S/C18H26N4O2/c1-4-18(8-9-18)17-20-19-15-16(23)21(12(2)13(3)22(15)17)11-14-7-5-6-10-24-14/h14H,4-11H2,1-3H3/t14-/m0/s1. The second kappa shape index (κ2) is 5.69. The van der Waals surface area contributed by atoms with Crippen molar-refractivity contribution < 1.29 is 4.74 Å². The molecule has 1 saturated heterocycles. The second-order valence-corrected chi connectivity index (χ2v) is 7.39. The highest BCUT2D eigenvalue weighted by Gasteiger charge is 2.47. The quantitative estimate of drug-likeness (QED) is 0.864. The SMILES string of the molecule is CCC1(c2nnc3c(=O)n(C[C@@H]4CCCCO4)c(C)c(C)n23)CC1. The van der Waals surface area contributed by atoms with Crippen LogP contribution in [0.4, 0.5) is 0 Å². The van der Waals surface area contributed by atoms with Gasteiger partial charge in [0.2, 0.25) is 5.65 Å². The van der Waals surface area contributed by atoms with E-state index in [0.717, 1.165) is 55.9 Å². The minimum Gasteiger partial charge on any atom is -0.376 e. The van der Waals surface area contributed by atoms with Crippen molar-refractivity contribution in [1.82, 2.24) is 19.2 Å². The lowest BCUT2D eigenvalue weighted by atomic mass is 10.0. The van der Waals surface area contributed by atoms with Gasteiger partial charge in [-0.1, -0.05) is 6.92 Å². The van der Waals surface area contributed by atoms with Crippen LogP contribution in [0.1, 0.15) is 62.7 Å². The predicted molar refractivity (Wildman–Crippen MR) is 91.5 cm³/mol. The number of fused-ring (bicyclic) bond motifs is 1. The van der Waals surface area contributed by atoms with Crippen LogP contribution in [-0.4, -0.2) is 31.9 Å². The molecule has 0 radical (unpaired) electrons. The van der Waals surface area contributed by atoms with E-state index in [4.69, 9.17) is 4.74 Å². The molecule has 2 aromatic heterocycles. The maximum absolute atomic E-state index is 13.0. The molecular formula is C18H26N4O2. The van der Waals surface area contributed by atoms with Crippen LogP contribution in [0.15, 0.2) is 4.79 Å². The van der Waals surface area contributed by atoms with Crippen molar-refractivity contribution in [3.8, 4) is 0 Å². The Morgan fingerprint density at radius 1 is 1.21 bits per heavy atom. The first-order chi connectivity index (χ1) is 11.6. The summed E-state index contributed by atoms with van der Waals surface area (Å²) in [7, 11) is 0. The van der Waals surface area contributed by atoms with Crippen LogP contribution >= 0.6 is 0 Å². The van der Waals surface area contributed by atoms with Gasteiger partial charge in [-0.3, -0.25) is 9.20 Å². The Balaban J connectivity index is 1.81. The Morgan fingerprint density at radius 2 is 2.00 bits per heavy atom. The van der Waals surface area contributed by atoms with E-state index >= 15 is 0 Å². The number of ether oxygens (including phenoxy) is 1. The fourth-order valence-electron chi connectivity index (χ4n) is 3.98. The molecule has 130 valence electrons. The molecule has 0 unspecified atom stereocenters. The normalized spacial score (nSPS) is 22.9. The third-order valence-corrected chi connectivity index (χ3v) is 6.03. The summed E-state index contributed by atoms with van der Waals surface area (Å²) >= 11 is 0. The van der Waals surface area contributed by atoms with Crippen LogP contribution in [0.3, 0.4) is 0 Å². The van der Waals surface area contributed by atoms with E-state index in [1.165, 1.54) is 6.42 Å². The van der Waals surface area contributed by atoms with Gasteiger partial charge in [0.25, 0.3) is 5.56 Å². The second-order valence-electron chi connectivity index (χ2n) is 7.39. The third-order valence-electron chi connectivity index (χ3n) is 6.03. The molecule has 1 aliphatic heterocycles. The number of aromatic nitrogens is 4. The number of nitrogens with zero attached hydrogens (tertiary/aromatic N) is 4. The van der Waals surface area contributed by atoms with Crippen molar-refractivity contribution in [3.63, 3.8) is 0 Å². The van der Waals surface area contributed by atoms with Gasteiger partial charge in [0.1, 0.15) is 5.82 Å². The van der Waals surface area contributed by atoms with Crippen molar-refractivity contribution in [1.29, 1.82) is 0 Å². The molecule has 2 aromatic rings. The minimum absolute atomic E-state index is 0.0436. The van der Waals surface area contributed by atoms with E-state index in [1.807, 2.05) is 15.9 Å². The maximum Gasteiger partial charge on any atom is 0.296 e. The first-order valence-electron chi connectivity index (χ1n) is 9.14. The van der Waals surface area contributed by atoms with E-state index in [2.05, 4.69) is 24.0 Å². The maximum atomic E-state index is 13.0. The van der Waals surface area contributed by atoms with Crippen LogP contribution in [0.5, 0.6) is 0 Å². The van der Waals surface area contributed by atoms with Crippen molar-refractivity contribution in [3.05, 3.63) is 27.6 Å². The third kappa shape index (κ3) is 2.31. The van der Waals surface area contributed by atoms with Crippen LogP contribution in [-0.2, 0) is 16.7 Å². The molecule has 0 aromatic carbocycles. The van der Waals surface area contributed by atoms with Crippen LogP contribution in [0.2, 0.25) is 0 Å². The van der Waals surface area contributed by atoms with E-state index in [9.17, 15) is 4.79 Å². The Hall–Kier alpha value is -1.69. The zero-order valence-electron chi connectivity index (χ0n) is 14.8. The van der Waals surface area contributed by atoms with Gasteiger partial charge in [-0.25, -0.2) is 0 Å². The van der Waals surface area contributed by atoms with Crippen molar-refractivity contribution in [2.75, 3.05) is 6.61 Å². The summed E-state index contributed by atoms with van der Waals surface area (Å²) in [6.45, 7) is 7.70. The summed E-state index contributed by atoms with van der Waals surface area (Å²) in [6.07, 6.45) is 6.77. The molecule has 2 fully saturated rings. The van der Waals surface area contributed by atoms with E-state index < -0.39 is 0 Å². The first kappa shape index (κ1) is 15.8. The monoisotopic (exact) mass is 330 g/mol. The van der Waals surface area contributed by atoms with Gasteiger partial charge in [-0.2, -0.15) is 0 Å². The topological polar surface area (TPSA) is 61.4 Å². The minimum atomic E-state index is -0.0436. The highest BCUT2D eigenvalue weighted by Crippen LogP contribution is 2.50. The average Bonchev–Trinajstić information content (AvgIpc) is 3.28. The van der Waals surface area contributed by atoms with Gasteiger partial charge in [0.15, 0.2) is 0 Å². The van der Waals surface area contributed by atoms with Gasteiger partial charge >= 0.3 is 0 Å². The molecule has 0 N–H and O–H groups in total. The molecule has 4 rings (SSSR count). The van der Waals surface area contributed by atoms with Crippen LogP contribution in [0, 0.1) is 13.8 Å². The summed E-state index contributed by atoms with van der Waals surface area (Å²) in [5.74, 6) is 0.971. The molecule has 2 aliphatic rings. The van der Waals surface area contributed by atoms with Crippen molar-refractivity contribution >= 4 is 5.65 Å². The largest absolute Gasteiger partial charge is 0.376 e. The molecule has 1 saturated carbocycles. The predicted octanol–water partition coefficient (Wildman–Crippen LogP) is 2.52. The summed E-state index contributed by atoms with van der Waals surface area (Å²) in [5, 5.41) is 8.69. The summed E-state index contributed by atoms with van der Waals surface area (Å²) in [4.78, 5) is 13.0. The Morgan fingerprint density at radius 3 is 2.62 bits per heavy atom. The number of aryl methyl sites for hydroxylation is 1. The fraction of sp³-hybridized carbons (Fsp3) is 0.722. The Labute approximate surface area is 141 Å². The molecule has 0 bridgehead atoms. The molecule has 24 heavy (non-hydrogen) atoms. The zero-order chi connectivity index (χ0) is 16.9. The van der Waals surface area contributed by atoms with Gasteiger partial charge in [-0.15, -0.1) is 10.2 Å². The lowest BCUT2D eigenvalue weighted by molar-refractivity contribution is 0.00509. The zero-order valence-corrected chi connectivity index (χ0v) is 14.8. The molecule has 1 atom stereocenters. The summed E-state index contributed by atoms with van der Waals surface area (Å²) < 4.78 is 9.67. The van der Waals surface area contributed by atoms with E-state index in [1.54, 1.807) is 0 Å². The highest BCUT2D eigenvalue weighted by molar-refractivity contribution is 5.42. The lowest BCUT2D eigenvalue weighted by Gasteiger charge is -2.25. The Bertz CT molecular complexity index is 826. The van der Waals surface area contributed by atoms with Crippen LogP contribution < -0.4 is 5.56 Å². The molecule has 6 heteroatoms. The number of rotatable bonds is 4. The van der Waals surface area contributed by atoms with E-state index in [-0.39, 0.29) is 17.1 Å². The number of hydrogen-bond donors (Lipinski definition) is 0. The molecule has 3 heterocycles. The Kier molecular flexibility index (Phi) is 3.75. The lowest BCUT2D eigenvalue weighted by Crippen LogP contribution is -2.34. The van der Waals surface area contributed by atoms with Crippen molar-refractivity contribution in [2.24, 2.45) is 0 Å². The van der Waals surface area contributed by atoms with Crippen LogP contribution in [0.25, 0.3) is 5.65 Å². The molecule has 6 nitrogen and oxygen atoms in total. The molecule has 0 spiro atoms. The molecule has 1 aliphatic carbocycles. The average molecular weight is 330 g/mol. The molecule has 0 amide bonds. The smallest absolute Gasteiger partial charge is 0.296 e. The first-order valence-corrected chi connectivity index (χ1v) is 9.14. The van der Waals surface area contributed by atoms with Gasteiger partial charge < -0.3 is 9.30 Å². The fourth-order valence-corrected chi connectivity index (χ4v) is 3.98. The highest BCUT2D eigenvalue weighted by atomic mass is 16.5. The molecular weight excluding hydrogens is 304 g/mol. The van der Waals surface area contributed by atoms with Gasteiger partial charge in [-0.05, 0) is 52.4 Å². The summed E-state index contributed by atoms with van der Waals surface area (Å²) in [6, 6.07) is 0. The summed E-state index contributed by atoms with van der Waals surface area (Å²) in [5.41, 5.74) is 2.61.